The van der Waals surface area contributed by atoms with Crippen LogP contribution in [0.4, 0.5) is 11.4 Å². The fourth-order valence-electron chi connectivity index (χ4n) is 2.92. The minimum absolute atomic E-state index is 0.00577. The monoisotopic (exact) mass is 367 g/mol. The largest absolute Gasteiger partial charge is 0.372 e. The smallest absolute Gasteiger partial charge is 0.240 e. The molecule has 0 unspecified atom stereocenters. The van der Waals surface area contributed by atoms with E-state index in [0.29, 0.717) is 6.54 Å². The molecule has 144 valence electrons. The molecule has 0 aliphatic carbocycles. The Morgan fingerprint density at radius 2 is 1.44 bits per heavy atom. The van der Waals surface area contributed by atoms with Crippen LogP contribution in [0.2, 0.25) is 0 Å². The Kier molecular flexibility index (Phi) is 7.41. The molecule has 0 saturated heterocycles. The molecule has 27 heavy (non-hydrogen) atoms. The van der Waals surface area contributed by atoms with Gasteiger partial charge in [0.2, 0.25) is 11.8 Å². The van der Waals surface area contributed by atoms with E-state index < -0.39 is 0 Å². The molecule has 0 spiro atoms. The fraction of sp³-hybridized carbons (Fsp3) is 0.364. The Morgan fingerprint density at radius 3 is 1.96 bits per heavy atom. The van der Waals surface area contributed by atoms with Crippen molar-refractivity contribution in [1.82, 2.24) is 5.32 Å². The number of nitrogens with zero attached hydrogens (tertiary/aromatic N) is 2. The van der Waals surface area contributed by atoms with Crippen LogP contribution in [-0.4, -0.2) is 31.4 Å². The van der Waals surface area contributed by atoms with Gasteiger partial charge in [0.15, 0.2) is 0 Å². The first-order chi connectivity index (χ1) is 12.9. The number of carbonyl (C=O) groups is 2. The van der Waals surface area contributed by atoms with Crippen LogP contribution in [0.25, 0.3) is 0 Å². The Balaban J connectivity index is 2.00. The van der Waals surface area contributed by atoms with E-state index in [1.54, 1.807) is 0 Å². The molecular weight excluding hydrogens is 338 g/mol. The highest BCUT2D eigenvalue weighted by Crippen LogP contribution is 2.21. The Labute approximate surface area is 162 Å². The molecule has 2 rings (SSSR count). The minimum Gasteiger partial charge on any atom is -0.372 e. The summed E-state index contributed by atoms with van der Waals surface area (Å²) in [6.07, 6.45) is 0. The highest BCUT2D eigenvalue weighted by Gasteiger charge is 2.16. The second kappa shape index (κ2) is 9.76. The van der Waals surface area contributed by atoms with Gasteiger partial charge in [-0.15, -0.1) is 0 Å². The van der Waals surface area contributed by atoms with Gasteiger partial charge in [-0.2, -0.15) is 0 Å². The molecule has 0 fully saturated rings. The van der Waals surface area contributed by atoms with Gasteiger partial charge < -0.3 is 15.1 Å². The van der Waals surface area contributed by atoms with E-state index in [1.165, 1.54) is 17.4 Å². The number of rotatable bonds is 8. The van der Waals surface area contributed by atoms with Gasteiger partial charge in [0.25, 0.3) is 0 Å². The number of amides is 2. The van der Waals surface area contributed by atoms with Crippen molar-refractivity contribution in [1.29, 1.82) is 0 Å². The standard InChI is InChI=1S/C22H29N3O2/c1-5-24(6-2)20-11-13-21(14-12-20)25(18(4)26)16-22(27)23-15-19-9-7-17(3)8-10-19/h7-14H,5-6,15-16H2,1-4H3,(H,23,27). The maximum atomic E-state index is 12.3. The van der Waals surface area contributed by atoms with Crippen LogP contribution in [0.1, 0.15) is 31.9 Å². The zero-order valence-corrected chi connectivity index (χ0v) is 16.7. The molecule has 0 aliphatic heterocycles. The number of hydrogen-bond donors (Lipinski definition) is 1. The number of carbonyl (C=O) groups excluding carboxylic acids is 2. The third-order valence-electron chi connectivity index (χ3n) is 4.58. The molecule has 0 bridgehead atoms. The molecule has 0 atom stereocenters. The zero-order chi connectivity index (χ0) is 19.8. The molecule has 0 heterocycles. The first kappa shape index (κ1) is 20.5. The third kappa shape index (κ3) is 5.84. The first-order valence-corrected chi connectivity index (χ1v) is 9.40. The summed E-state index contributed by atoms with van der Waals surface area (Å²) in [5.41, 5.74) is 4.05. The van der Waals surface area contributed by atoms with Crippen LogP contribution >= 0.6 is 0 Å². The lowest BCUT2D eigenvalue weighted by atomic mass is 10.1. The predicted molar refractivity (Wildman–Crippen MR) is 111 cm³/mol. The quantitative estimate of drug-likeness (QED) is 0.777. The Bertz CT molecular complexity index is 750. The summed E-state index contributed by atoms with van der Waals surface area (Å²) in [5.74, 6) is -0.338. The highest BCUT2D eigenvalue weighted by molar-refractivity contribution is 5.97. The summed E-state index contributed by atoms with van der Waals surface area (Å²) in [7, 11) is 0. The minimum atomic E-state index is -0.182. The van der Waals surface area contributed by atoms with Crippen molar-refractivity contribution in [2.24, 2.45) is 0 Å². The fourth-order valence-corrected chi connectivity index (χ4v) is 2.92. The van der Waals surface area contributed by atoms with Gasteiger partial charge >= 0.3 is 0 Å². The summed E-state index contributed by atoms with van der Waals surface area (Å²) in [5, 5.41) is 2.88. The number of anilines is 2. The van der Waals surface area contributed by atoms with Crippen LogP contribution in [0.15, 0.2) is 48.5 Å². The Hall–Kier alpha value is -2.82. The maximum absolute atomic E-state index is 12.3. The van der Waals surface area contributed by atoms with Crippen LogP contribution in [0.3, 0.4) is 0 Å². The van der Waals surface area contributed by atoms with Crippen molar-refractivity contribution in [2.75, 3.05) is 29.4 Å². The molecule has 0 aromatic heterocycles. The number of hydrogen-bond acceptors (Lipinski definition) is 3. The van der Waals surface area contributed by atoms with E-state index in [2.05, 4.69) is 24.1 Å². The molecule has 1 N–H and O–H groups in total. The normalized spacial score (nSPS) is 10.4. The topological polar surface area (TPSA) is 52.6 Å². The average molecular weight is 367 g/mol. The zero-order valence-electron chi connectivity index (χ0n) is 16.7. The van der Waals surface area contributed by atoms with Crippen molar-refractivity contribution in [3.8, 4) is 0 Å². The van der Waals surface area contributed by atoms with Crippen LogP contribution in [0, 0.1) is 6.92 Å². The predicted octanol–water partition coefficient (Wildman–Crippen LogP) is 3.51. The number of benzene rings is 2. The summed E-state index contributed by atoms with van der Waals surface area (Å²) in [4.78, 5) is 28.1. The molecule has 0 aliphatic rings. The summed E-state index contributed by atoms with van der Waals surface area (Å²) in [6, 6.07) is 15.8. The van der Waals surface area contributed by atoms with Crippen molar-refractivity contribution in [2.45, 2.75) is 34.2 Å². The van der Waals surface area contributed by atoms with E-state index in [-0.39, 0.29) is 18.4 Å². The second-order valence-electron chi connectivity index (χ2n) is 6.56. The van der Waals surface area contributed by atoms with Crippen molar-refractivity contribution < 1.29 is 9.59 Å². The van der Waals surface area contributed by atoms with Crippen molar-refractivity contribution >= 4 is 23.2 Å². The van der Waals surface area contributed by atoms with E-state index >= 15 is 0 Å². The molecule has 2 aromatic rings. The van der Waals surface area contributed by atoms with Gasteiger partial charge in [-0.25, -0.2) is 0 Å². The molecule has 2 amide bonds. The summed E-state index contributed by atoms with van der Waals surface area (Å²) < 4.78 is 0. The van der Waals surface area contributed by atoms with E-state index in [4.69, 9.17) is 0 Å². The lowest BCUT2D eigenvalue weighted by molar-refractivity contribution is -0.123. The molecule has 2 aromatic carbocycles. The molecule has 0 radical (unpaired) electrons. The SMILES string of the molecule is CCN(CC)c1ccc(N(CC(=O)NCc2ccc(C)cc2)C(C)=O)cc1. The summed E-state index contributed by atoms with van der Waals surface area (Å²) >= 11 is 0. The highest BCUT2D eigenvalue weighted by atomic mass is 16.2. The van der Waals surface area contributed by atoms with E-state index in [1.807, 2.05) is 55.5 Å². The molecule has 5 heteroatoms. The number of aryl methyl sites for hydroxylation is 1. The lowest BCUT2D eigenvalue weighted by Gasteiger charge is -2.24. The van der Waals surface area contributed by atoms with Gasteiger partial charge in [0, 0.05) is 37.9 Å². The molecular formula is C22H29N3O2. The van der Waals surface area contributed by atoms with Gasteiger partial charge in [0.1, 0.15) is 6.54 Å². The van der Waals surface area contributed by atoms with Gasteiger partial charge in [-0.3, -0.25) is 9.59 Å². The lowest BCUT2D eigenvalue weighted by Crippen LogP contribution is -2.39. The molecule has 5 nitrogen and oxygen atoms in total. The third-order valence-corrected chi connectivity index (χ3v) is 4.58. The van der Waals surface area contributed by atoms with Crippen LogP contribution in [0.5, 0.6) is 0 Å². The molecule has 0 saturated carbocycles. The number of nitrogens with one attached hydrogen (secondary N) is 1. The van der Waals surface area contributed by atoms with Crippen LogP contribution < -0.4 is 15.1 Å². The Morgan fingerprint density at radius 1 is 0.889 bits per heavy atom. The van der Waals surface area contributed by atoms with E-state index in [0.717, 1.165) is 30.0 Å². The van der Waals surface area contributed by atoms with Gasteiger partial charge in [0.05, 0.1) is 0 Å². The average Bonchev–Trinajstić information content (AvgIpc) is 2.67. The van der Waals surface area contributed by atoms with Crippen LogP contribution in [-0.2, 0) is 16.1 Å². The van der Waals surface area contributed by atoms with Crippen molar-refractivity contribution in [3.63, 3.8) is 0 Å². The van der Waals surface area contributed by atoms with Crippen molar-refractivity contribution in [3.05, 3.63) is 59.7 Å². The summed E-state index contributed by atoms with van der Waals surface area (Å²) in [6.45, 7) is 10.0. The van der Waals surface area contributed by atoms with Gasteiger partial charge in [-0.1, -0.05) is 29.8 Å². The van der Waals surface area contributed by atoms with Gasteiger partial charge in [-0.05, 0) is 50.6 Å². The van der Waals surface area contributed by atoms with E-state index in [9.17, 15) is 9.59 Å². The first-order valence-electron chi connectivity index (χ1n) is 9.40. The maximum Gasteiger partial charge on any atom is 0.240 e. The second-order valence-corrected chi connectivity index (χ2v) is 6.56.